The Hall–Kier alpha value is -1.72. The number of rotatable bonds is 10. The van der Waals surface area contributed by atoms with Gasteiger partial charge in [0.1, 0.15) is 0 Å². The molecular formula is C17H27IN6O2. The molecule has 0 spiro atoms. The quantitative estimate of drug-likeness (QED) is 0.236. The van der Waals surface area contributed by atoms with Crippen LogP contribution in [0.3, 0.4) is 0 Å². The average molecular weight is 474 g/mol. The summed E-state index contributed by atoms with van der Waals surface area (Å²) < 4.78 is 12.1. The molecule has 144 valence electrons. The molecule has 2 rings (SSSR count). The van der Waals surface area contributed by atoms with E-state index >= 15 is 0 Å². The van der Waals surface area contributed by atoms with E-state index in [1.807, 2.05) is 24.4 Å². The molecule has 8 nitrogen and oxygen atoms in total. The lowest BCUT2D eigenvalue weighted by molar-refractivity contribution is 0.0698. The smallest absolute Gasteiger partial charge is 0.191 e. The van der Waals surface area contributed by atoms with Gasteiger partial charge in [-0.1, -0.05) is 0 Å². The van der Waals surface area contributed by atoms with Crippen LogP contribution in [0.2, 0.25) is 0 Å². The fraction of sp³-hybridized carbons (Fsp3) is 0.471. The second kappa shape index (κ2) is 13.5. The molecule has 0 amide bonds. The summed E-state index contributed by atoms with van der Waals surface area (Å²) in [6.07, 6.45) is 6.29. The standard InChI is InChI=1S/C17H26N6O2.HI/c1-18-17(20-6-4-10-25-12-11-24-2)21-14-15-5-8-19-16(13-15)23-9-3-7-22-23;/h3,5,7-9,13H,4,6,10-12,14H2,1-2H3,(H2,18,20,21);1H. The van der Waals surface area contributed by atoms with Crippen molar-refractivity contribution in [2.75, 3.05) is 40.5 Å². The second-order valence-electron chi connectivity index (χ2n) is 5.28. The Morgan fingerprint density at radius 2 is 2.12 bits per heavy atom. The Labute approximate surface area is 171 Å². The summed E-state index contributed by atoms with van der Waals surface area (Å²) in [5.41, 5.74) is 1.10. The fourth-order valence-corrected chi connectivity index (χ4v) is 2.13. The first kappa shape index (κ1) is 22.3. The van der Waals surface area contributed by atoms with Crippen LogP contribution in [-0.4, -0.2) is 61.2 Å². The lowest BCUT2D eigenvalue weighted by atomic mass is 10.2. The summed E-state index contributed by atoms with van der Waals surface area (Å²) in [5.74, 6) is 1.55. The Morgan fingerprint density at radius 3 is 2.85 bits per heavy atom. The molecule has 0 atom stereocenters. The summed E-state index contributed by atoms with van der Waals surface area (Å²) in [7, 11) is 3.42. The molecule has 0 radical (unpaired) electrons. The van der Waals surface area contributed by atoms with Gasteiger partial charge in [0.05, 0.1) is 13.2 Å². The minimum absolute atomic E-state index is 0. The third-order valence-corrected chi connectivity index (χ3v) is 3.42. The van der Waals surface area contributed by atoms with Crippen molar-refractivity contribution in [1.82, 2.24) is 25.4 Å². The van der Waals surface area contributed by atoms with Gasteiger partial charge in [-0.3, -0.25) is 4.99 Å². The van der Waals surface area contributed by atoms with Crippen LogP contribution < -0.4 is 10.6 Å². The lowest BCUT2D eigenvalue weighted by Gasteiger charge is -2.12. The molecule has 2 aromatic rings. The molecule has 0 fully saturated rings. The highest BCUT2D eigenvalue weighted by molar-refractivity contribution is 14.0. The highest BCUT2D eigenvalue weighted by Gasteiger charge is 2.02. The fourth-order valence-electron chi connectivity index (χ4n) is 2.13. The van der Waals surface area contributed by atoms with E-state index in [1.54, 1.807) is 31.2 Å². The second-order valence-corrected chi connectivity index (χ2v) is 5.28. The highest BCUT2D eigenvalue weighted by atomic mass is 127. The molecule has 0 saturated heterocycles. The van der Waals surface area contributed by atoms with Gasteiger partial charge in [-0.15, -0.1) is 24.0 Å². The van der Waals surface area contributed by atoms with Crippen molar-refractivity contribution in [2.24, 2.45) is 4.99 Å². The van der Waals surface area contributed by atoms with E-state index in [2.05, 4.69) is 25.7 Å². The Balaban J connectivity index is 0.00000338. The number of hydrogen-bond donors (Lipinski definition) is 2. The molecule has 0 saturated carbocycles. The van der Waals surface area contributed by atoms with Gasteiger partial charge in [0.25, 0.3) is 0 Å². The minimum Gasteiger partial charge on any atom is -0.382 e. The zero-order chi connectivity index (χ0) is 17.7. The molecule has 2 N–H and O–H groups in total. The molecule has 0 unspecified atom stereocenters. The molecule has 0 bridgehead atoms. The van der Waals surface area contributed by atoms with Crippen molar-refractivity contribution < 1.29 is 9.47 Å². The van der Waals surface area contributed by atoms with Gasteiger partial charge in [0.15, 0.2) is 11.8 Å². The number of methoxy groups -OCH3 is 1. The van der Waals surface area contributed by atoms with Crippen LogP contribution in [0, 0.1) is 0 Å². The number of hydrogen-bond acceptors (Lipinski definition) is 5. The molecule has 0 aliphatic heterocycles. The summed E-state index contributed by atoms with van der Waals surface area (Å²) in [4.78, 5) is 8.55. The van der Waals surface area contributed by atoms with Crippen molar-refractivity contribution in [3.8, 4) is 5.82 Å². The van der Waals surface area contributed by atoms with Gasteiger partial charge in [0, 0.05) is 52.4 Å². The topological polar surface area (TPSA) is 85.6 Å². The van der Waals surface area contributed by atoms with Crippen LogP contribution in [0.1, 0.15) is 12.0 Å². The Kier molecular flexibility index (Phi) is 11.6. The first-order valence-electron chi connectivity index (χ1n) is 8.29. The van der Waals surface area contributed by atoms with Crippen LogP contribution in [0.5, 0.6) is 0 Å². The largest absolute Gasteiger partial charge is 0.382 e. The first-order valence-corrected chi connectivity index (χ1v) is 8.29. The Morgan fingerprint density at radius 1 is 1.23 bits per heavy atom. The van der Waals surface area contributed by atoms with Crippen LogP contribution in [-0.2, 0) is 16.0 Å². The van der Waals surface area contributed by atoms with Crippen LogP contribution in [0.4, 0.5) is 0 Å². The number of aliphatic imine (C=N–C) groups is 1. The van der Waals surface area contributed by atoms with Crippen LogP contribution >= 0.6 is 24.0 Å². The molecule has 2 heterocycles. The number of aromatic nitrogens is 3. The van der Waals surface area contributed by atoms with Crippen LogP contribution in [0.25, 0.3) is 5.82 Å². The number of pyridine rings is 1. The predicted octanol–water partition coefficient (Wildman–Crippen LogP) is 1.60. The summed E-state index contributed by atoms with van der Waals surface area (Å²) in [6.45, 7) is 3.40. The van der Waals surface area contributed by atoms with Crippen molar-refractivity contribution in [3.05, 3.63) is 42.4 Å². The molecule has 0 aromatic carbocycles. The van der Waals surface area contributed by atoms with Crippen LogP contribution in [0.15, 0.2) is 41.8 Å². The number of ether oxygens (including phenoxy) is 2. The van der Waals surface area contributed by atoms with E-state index in [0.29, 0.717) is 26.4 Å². The van der Waals surface area contributed by atoms with Gasteiger partial charge < -0.3 is 20.1 Å². The number of guanidine groups is 1. The molecule has 0 aliphatic carbocycles. The highest BCUT2D eigenvalue weighted by Crippen LogP contribution is 2.05. The average Bonchev–Trinajstić information content (AvgIpc) is 3.18. The van der Waals surface area contributed by atoms with Gasteiger partial charge >= 0.3 is 0 Å². The maximum atomic E-state index is 5.43. The van der Waals surface area contributed by atoms with Crippen molar-refractivity contribution in [3.63, 3.8) is 0 Å². The van der Waals surface area contributed by atoms with E-state index in [0.717, 1.165) is 30.3 Å². The third kappa shape index (κ3) is 8.11. The zero-order valence-electron chi connectivity index (χ0n) is 15.2. The molecule has 9 heteroatoms. The summed E-state index contributed by atoms with van der Waals surface area (Å²) in [6, 6.07) is 5.84. The summed E-state index contributed by atoms with van der Waals surface area (Å²) >= 11 is 0. The van der Waals surface area contributed by atoms with E-state index in [9.17, 15) is 0 Å². The van der Waals surface area contributed by atoms with E-state index in [-0.39, 0.29) is 24.0 Å². The maximum absolute atomic E-state index is 5.43. The van der Waals surface area contributed by atoms with Crippen molar-refractivity contribution in [2.45, 2.75) is 13.0 Å². The predicted molar refractivity (Wildman–Crippen MR) is 112 cm³/mol. The number of nitrogens with one attached hydrogen (secondary N) is 2. The number of halogens is 1. The van der Waals surface area contributed by atoms with Crippen molar-refractivity contribution >= 4 is 29.9 Å². The van der Waals surface area contributed by atoms with Gasteiger partial charge in [-0.2, -0.15) is 5.10 Å². The van der Waals surface area contributed by atoms with Gasteiger partial charge in [-0.05, 0) is 30.2 Å². The molecule has 26 heavy (non-hydrogen) atoms. The van der Waals surface area contributed by atoms with Crippen molar-refractivity contribution in [1.29, 1.82) is 0 Å². The molecular weight excluding hydrogens is 447 g/mol. The Bertz CT molecular complexity index is 636. The monoisotopic (exact) mass is 474 g/mol. The molecule has 2 aromatic heterocycles. The summed E-state index contributed by atoms with van der Waals surface area (Å²) in [5, 5.41) is 10.8. The lowest BCUT2D eigenvalue weighted by Crippen LogP contribution is -2.37. The zero-order valence-corrected chi connectivity index (χ0v) is 17.6. The SMILES string of the molecule is CN=C(NCCCOCCOC)NCc1ccnc(-n2cccn2)c1.I. The molecule has 0 aliphatic rings. The number of nitrogens with zero attached hydrogens (tertiary/aromatic N) is 4. The normalized spacial score (nSPS) is 11.1. The maximum Gasteiger partial charge on any atom is 0.191 e. The minimum atomic E-state index is 0. The van der Waals surface area contributed by atoms with E-state index < -0.39 is 0 Å². The van der Waals surface area contributed by atoms with Gasteiger partial charge in [-0.25, -0.2) is 9.67 Å². The first-order chi connectivity index (χ1) is 12.3. The van der Waals surface area contributed by atoms with Gasteiger partial charge in [0.2, 0.25) is 0 Å². The van der Waals surface area contributed by atoms with E-state index in [1.165, 1.54) is 0 Å². The third-order valence-electron chi connectivity index (χ3n) is 3.42. The van der Waals surface area contributed by atoms with E-state index in [4.69, 9.17) is 9.47 Å².